The lowest BCUT2D eigenvalue weighted by Crippen LogP contribution is -2.11. The quantitative estimate of drug-likeness (QED) is 0.739. The van der Waals surface area contributed by atoms with E-state index >= 15 is 0 Å². The molecule has 5 heteroatoms. The van der Waals surface area contributed by atoms with Gasteiger partial charge in [-0.1, -0.05) is 19.8 Å². The molecule has 1 atom stereocenters. The molecular weight excluding hydrogens is 214 g/mol. The molecule has 17 heavy (non-hydrogen) atoms. The zero-order valence-corrected chi connectivity index (χ0v) is 10.3. The number of hydrogen-bond donors (Lipinski definition) is 3. The number of aromatic amines is 1. The maximum atomic E-state index is 6.08. The molecule has 0 fully saturated rings. The van der Waals surface area contributed by atoms with Crippen molar-refractivity contribution in [2.45, 2.75) is 32.2 Å². The molecule has 0 aliphatic rings. The maximum Gasteiger partial charge on any atom is 0.179 e. The standard InChI is InChI=1S/C12H19N5/c1-3-4-5-8(13)11-15-9-6-7-10(14-2)16-12(9)17-11/h6-8H,3-5,13H2,1-2H3,(H2,14,15,16,17). The lowest BCUT2D eigenvalue weighted by molar-refractivity contribution is 0.581. The van der Waals surface area contributed by atoms with Crippen molar-refractivity contribution >= 4 is 17.0 Å². The number of pyridine rings is 1. The fraction of sp³-hybridized carbons (Fsp3) is 0.500. The van der Waals surface area contributed by atoms with E-state index in [1.54, 1.807) is 0 Å². The number of unbranched alkanes of at least 4 members (excludes halogenated alkanes) is 1. The summed E-state index contributed by atoms with van der Waals surface area (Å²) in [5.41, 5.74) is 7.74. The first kappa shape index (κ1) is 11.9. The molecule has 0 saturated heterocycles. The van der Waals surface area contributed by atoms with Crippen LogP contribution in [0.25, 0.3) is 11.2 Å². The van der Waals surface area contributed by atoms with E-state index < -0.39 is 0 Å². The highest BCUT2D eigenvalue weighted by Crippen LogP contribution is 2.18. The van der Waals surface area contributed by atoms with Gasteiger partial charge in [-0.25, -0.2) is 9.97 Å². The van der Waals surface area contributed by atoms with Gasteiger partial charge < -0.3 is 16.0 Å². The molecule has 4 N–H and O–H groups in total. The van der Waals surface area contributed by atoms with Crippen molar-refractivity contribution in [3.05, 3.63) is 18.0 Å². The average Bonchev–Trinajstić information content (AvgIpc) is 2.78. The van der Waals surface area contributed by atoms with Crippen molar-refractivity contribution < 1.29 is 0 Å². The zero-order valence-electron chi connectivity index (χ0n) is 10.3. The predicted molar refractivity (Wildman–Crippen MR) is 69.9 cm³/mol. The Hall–Kier alpha value is -1.62. The van der Waals surface area contributed by atoms with Crippen molar-refractivity contribution in [3.63, 3.8) is 0 Å². The molecule has 92 valence electrons. The lowest BCUT2D eigenvalue weighted by Gasteiger charge is -2.06. The van der Waals surface area contributed by atoms with Crippen LogP contribution in [0.3, 0.4) is 0 Å². The van der Waals surface area contributed by atoms with Gasteiger partial charge in [0.2, 0.25) is 0 Å². The fourth-order valence-corrected chi connectivity index (χ4v) is 1.79. The van der Waals surface area contributed by atoms with Crippen LogP contribution < -0.4 is 11.1 Å². The molecule has 2 aromatic rings. The van der Waals surface area contributed by atoms with Gasteiger partial charge in [-0.2, -0.15) is 0 Å². The minimum atomic E-state index is -0.0258. The number of aromatic nitrogens is 3. The predicted octanol–water partition coefficient (Wildman–Crippen LogP) is 2.19. The summed E-state index contributed by atoms with van der Waals surface area (Å²) < 4.78 is 0. The van der Waals surface area contributed by atoms with Crippen LogP contribution >= 0.6 is 0 Å². The van der Waals surface area contributed by atoms with E-state index in [9.17, 15) is 0 Å². The normalized spacial score (nSPS) is 12.9. The highest BCUT2D eigenvalue weighted by Gasteiger charge is 2.11. The molecule has 0 amide bonds. The Balaban J connectivity index is 2.24. The van der Waals surface area contributed by atoms with E-state index in [2.05, 4.69) is 27.2 Å². The number of H-pyrrole nitrogens is 1. The molecule has 0 spiro atoms. The fourth-order valence-electron chi connectivity index (χ4n) is 1.79. The molecule has 1 unspecified atom stereocenters. The Labute approximate surface area is 101 Å². The largest absolute Gasteiger partial charge is 0.373 e. The summed E-state index contributed by atoms with van der Waals surface area (Å²) in [5.74, 6) is 1.65. The van der Waals surface area contributed by atoms with Crippen molar-refractivity contribution in [2.75, 3.05) is 12.4 Å². The van der Waals surface area contributed by atoms with Crippen LogP contribution in [0, 0.1) is 0 Å². The third-order valence-corrected chi connectivity index (χ3v) is 2.84. The summed E-state index contributed by atoms with van der Waals surface area (Å²) in [4.78, 5) is 12.0. The summed E-state index contributed by atoms with van der Waals surface area (Å²) in [7, 11) is 1.84. The van der Waals surface area contributed by atoms with Gasteiger partial charge in [-0.3, -0.25) is 0 Å². The monoisotopic (exact) mass is 233 g/mol. The van der Waals surface area contributed by atoms with Crippen molar-refractivity contribution in [1.82, 2.24) is 15.0 Å². The molecule has 0 aliphatic heterocycles. The first-order chi connectivity index (χ1) is 8.24. The highest BCUT2D eigenvalue weighted by atomic mass is 15.1. The summed E-state index contributed by atoms with van der Waals surface area (Å²) >= 11 is 0. The summed E-state index contributed by atoms with van der Waals surface area (Å²) in [6.07, 6.45) is 3.22. The van der Waals surface area contributed by atoms with E-state index in [4.69, 9.17) is 5.73 Å². The molecule has 0 radical (unpaired) electrons. The highest BCUT2D eigenvalue weighted by molar-refractivity contribution is 5.72. The van der Waals surface area contributed by atoms with Gasteiger partial charge in [-0.15, -0.1) is 0 Å². The van der Waals surface area contributed by atoms with E-state index in [0.29, 0.717) is 0 Å². The van der Waals surface area contributed by atoms with Crippen molar-refractivity contribution in [1.29, 1.82) is 0 Å². The van der Waals surface area contributed by atoms with Crippen LogP contribution in [0.4, 0.5) is 5.82 Å². The van der Waals surface area contributed by atoms with Crippen LogP contribution in [0.5, 0.6) is 0 Å². The van der Waals surface area contributed by atoms with Crippen LogP contribution in [0.15, 0.2) is 12.1 Å². The Morgan fingerprint density at radius 1 is 1.41 bits per heavy atom. The second kappa shape index (κ2) is 5.14. The number of anilines is 1. The average molecular weight is 233 g/mol. The summed E-state index contributed by atoms with van der Waals surface area (Å²) in [6.45, 7) is 2.16. The van der Waals surface area contributed by atoms with Crippen LogP contribution in [-0.2, 0) is 0 Å². The van der Waals surface area contributed by atoms with Gasteiger partial charge in [0, 0.05) is 7.05 Å². The number of hydrogen-bond acceptors (Lipinski definition) is 4. The molecule has 0 bridgehead atoms. The van der Waals surface area contributed by atoms with E-state index in [0.717, 1.165) is 42.1 Å². The Bertz CT molecular complexity index is 491. The Morgan fingerprint density at radius 3 is 2.94 bits per heavy atom. The smallest absolute Gasteiger partial charge is 0.179 e. The second-order valence-electron chi connectivity index (χ2n) is 4.19. The van der Waals surface area contributed by atoms with Gasteiger partial charge in [0.05, 0.1) is 11.6 Å². The van der Waals surface area contributed by atoms with Crippen LogP contribution in [0.1, 0.15) is 38.1 Å². The Morgan fingerprint density at radius 2 is 2.24 bits per heavy atom. The first-order valence-electron chi connectivity index (χ1n) is 6.04. The second-order valence-corrected chi connectivity index (χ2v) is 4.19. The number of nitrogens with one attached hydrogen (secondary N) is 2. The third kappa shape index (κ3) is 2.55. The van der Waals surface area contributed by atoms with Crippen molar-refractivity contribution in [2.24, 2.45) is 5.73 Å². The number of nitrogens with two attached hydrogens (primary N) is 1. The zero-order chi connectivity index (χ0) is 12.3. The van der Waals surface area contributed by atoms with Gasteiger partial charge >= 0.3 is 0 Å². The lowest BCUT2D eigenvalue weighted by atomic mass is 10.1. The molecule has 2 heterocycles. The van der Waals surface area contributed by atoms with Gasteiger partial charge in [0.1, 0.15) is 11.6 Å². The van der Waals surface area contributed by atoms with Gasteiger partial charge in [0.25, 0.3) is 0 Å². The molecule has 0 aromatic carbocycles. The maximum absolute atomic E-state index is 6.08. The topological polar surface area (TPSA) is 79.6 Å². The third-order valence-electron chi connectivity index (χ3n) is 2.84. The SMILES string of the molecule is CCCCC(N)c1nc2nc(NC)ccc2[nH]1. The molecular formula is C12H19N5. The summed E-state index contributed by atoms with van der Waals surface area (Å²) in [5, 5.41) is 3.00. The van der Waals surface area contributed by atoms with Gasteiger partial charge in [0.15, 0.2) is 5.65 Å². The minimum absolute atomic E-state index is 0.0258. The number of rotatable bonds is 5. The van der Waals surface area contributed by atoms with Crippen LogP contribution in [0.2, 0.25) is 0 Å². The van der Waals surface area contributed by atoms with Crippen molar-refractivity contribution in [3.8, 4) is 0 Å². The molecule has 2 rings (SSSR count). The van der Waals surface area contributed by atoms with E-state index in [1.165, 1.54) is 0 Å². The molecule has 2 aromatic heterocycles. The molecule has 0 aliphatic carbocycles. The van der Waals surface area contributed by atoms with E-state index in [-0.39, 0.29) is 6.04 Å². The van der Waals surface area contributed by atoms with Crippen LogP contribution in [-0.4, -0.2) is 22.0 Å². The molecule has 5 nitrogen and oxygen atoms in total. The number of imidazole rings is 1. The minimum Gasteiger partial charge on any atom is -0.373 e. The summed E-state index contributed by atoms with van der Waals surface area (Å²) in [6, 6.07) is 3.86. The Kier molecular flexibility index (Phi) is 3.58. The van der Waals surface area contributed by atoms with E-state index in [1.807, 2.05) is 19.2 Å². The number of nitrogens with zero attached hydrogens (tertiary/aromatic N) is 2. The van der Waals surface area contributed by atoms with Gasteiger partial charge in [-0.05, 0) is 18.6 Å². The number of fused-ring (bicyclic) bond motifs is 1. The molecule has 0 saturated carbocycles. The first-order valence-corrected chi connectivity index (χ1v) is 6.04.